The average Bonchev–Trinajstić information content (AvgIpc) is 2.72. The Morgan fingerprint density at radius 2 is 1.47 bits per heavy atom. The molecule has 0 atom stereocenters. The molecule has 0 fully saturated rings. The van der Waals surface area contributed by atoms with Gasteiger partial charge in [-0.05, 0) is 78.9 Å². The lowest BCUT2D eigenvalue weighted by molar-refractivity contribution is 0.453. The van der Waals surface area contributed by atoms with Gasteiger partial charge in [-0.25, -0.2) is 4.98 Å². The molecule has 2 heterocycles. The monoisotopic (exact) mass is 422 g/mol. The summed E-state index contributed by atoms with van der Waals surface area (Å²) < 4.78 is 6.45. The molecule has 1 aromatic heterocycles. The quantitative estimate of drug-likeness (QED) is 0.271. The van der Waals surface area contributed by atoms with Crippen molar-refractivity contribution < 1.29 is 4.74 Å². The summed E-state index contributed by atoms with van der Waals surface area (Å²) in [5, 5.41) is 2.39. The van der Waals surface area contributed by atoms with Gasteiger partial charge in [0, 0.05) is 11.1 Å². The number of aromatic nitrogens is 1. The van der Waals surface area contributed by atoms with E-state index < -0.39 is 0 Å². The average molecular weight is 423 g/mol. The second-order valence-corrected chi connectivity index (χ2v) is 10.0. The van der Waals surface area contributed by atoms with Crippen LogP contribution in [0.5, 0.6) is 11.6 Å². The molecule has 0 spiro atoms. The van der Waals surface area contributed by atoms with Crippen molar-refractivity contribution >= 4 is 27.8 Å². The van der Waals surface area contributed by atoms with Crippen molar-refractivity contribution in [3.05, 3.63) is 82.5 Å². The van der Waals surface area contributed by atoms with E-state index in [2.05, 4.69) is 101 Å². The molecule has 5 rings (SSSR count). The molecule has 3 nitrogen and oxygen atoms in total. The van der Waals surface area contributed by atoms with E-state index >= 15 is 0 Å². The van der Waals surface area contributed by atoms with Crippen molar-refractivity contribution in [1.29, 1.82) is 0 Å². The molecule has 0 saturated carbocycles. The van der Waals surface area contributed by atoms with E-state index in [1.54, 1.807) is 0 Å². The molecule has 1 aliphatic heterocycles. The molecule has 162 valence electrons. The summed E-state index contributed by atoms with van der Waals surface area (Å²) in [4.78, 5) is 7.13. The van der Waals surface area contributed by atoms with Gasteiger partial charge in [0.1, 0.15) is 5.69 Å². The van der Waals surface area contributed by atoms with Gasteiger partial charge in [0.2, 0.25) is 5.88 Å². The lowest BCUT2D eigenvalue weighted by atomic mass is 9.84. The molecule has 0 N–H and O–H groups in total. The molecule has 0 saturated heterocycles. The highest BCUT2D eigenvalue weighted by Gasteiger charge is 2.32. The number of nitrogens with zero attached hydrogens (tertiary/aromatic N) is 2. The Labute approximate surface area is 190 Å². The second-order valence-electron chi connectivity index (χ2n) is 10.0. The summed E-state index contributed by atoms with van der Waals surface area (Å²) in [5.74, 6) is 1.54. The fourth-order valence-corrected chi connectivity index (χ4v) is 4.76. The van der Waals surface area contributed by atoms with Crippen LogP contribution in [0.25, 0.3) is 10.8 Å². The molecular formula is C29H30N2O. The van der Waals surface area contributed by atoms with Crippen LogP contribution in [0.1, 0.15) is 48.7 Å². The van der Waals surface area contributed by atoms with Gasteiger partial charge >= 0.3 is 0 Å². The van der Waals surface area contributed by atoms with Gasteiger partial charge in [-0.1, -0.05) is 57.2 Å². The summed E-state index contributed by atoms with van der Waals surface area (Å²) in [6.45, 7) is 15.4. The minimum Gasteiger partial charge on any atom is -0.435 e. The zero-order valence-corrected chi connectivity index (χ0v) is 20.0. The smallest absolute Gasteiger partial charge is 0.244 e. The highest BCUT2D eigenvalue weighted by molar-refractivity contribution is 6.05. The minimum atomic E-state index is 0.0941. The van der Waals surface area contributed by atoms with Crippen LogP contribution in [-0.4, -0.2) is 4.98 Å². The highest BCUT2D eigenvalue weighted by Crippen LogP contribution is 2.55. The van der Waals surface area contributed by atoms with Crippen molar-refractivity contribution in [2.24, 2.45) is 0 Å². The first kappa shape index (κ1) is 20.6. The van der Waals surface area contributed by atoms with Crippen LogP contribution in [0.4, 0.5) is 17.1 Å². The Hall–Kier alpha value is -3.33. The van der Waals surface area contributed by atoms with Crippen LogP contribution in [-0.2, 0) is 5.41 Å². The maximum atomic E-state index is 6.45. The Balaban J connectivity index is 1.88. The van der Waals surface area contributed by atoms with Crippen LogP contribution < -0.4 is 9.64 Å². The molecular weight excluding hydrogens is 392 g/mol. The molecule has 3 aromatic carbocycles. The van der Waals surface area contributed by atoms with E-state index in [-0.39, 0.29) is 5.41 Å². The Morgan fingerprint density at radius 1 is 0.781 bits per heavy atom. The number of aryl methyl sites for hydroxylation is 4. The third-order valence-electron chi connectivity index (χ3n) is 6.38. The van der Waals surface area contributed by atoms with Crippen molar-refractivity contribution in [2.45, 2.75) is 53.9 Å². The number of pyridine rings is 1. The number of rotatable bonds is 1. The van der Waals surface area contributed by atoms with Crippen molar-refractivity contribution in [3.8, 4) is 11.6 Å². The molecule has 0 radical (unpaired) electrons. The largest absolute Gasteiger partial charge is 0.435 e. The molecule has 0 amide bonds. The SMILES string of the molecule is Cc1ccc2c(n1)Oc1c(C)cc3ccccc3c1N2c1c(C)cc(C(C)(C)C)cc1C. The fourth-order valence-electron chi connectivity index (χ4n) is 4.76. The minimum absolute atomic E-state index is 0.0941. The zero-order valence-electron chi connectivity index (χ0n) is 20.0. The van der Waals surface area contributed by atoms with Gasteiger partial charge in [-0.3, -0.25) is 0 Å². The normalized spacial score (nSPS) is 13.0. The lowest BCUT2D eigenvalue weighted by Crippen LogP contribution is -2.21. The first-order valence-corrected chi connectivity index (χ1v) is 11.2. The predicted octanol–water partition coefficient (Wildman–Crippen LogP) is 8.34. The number of hydrogen-bond acceptors (Lipinski definition) is 3. The highest BCUT2D eigenvalue weighted by atomic mass is 16.5. The second kappa shape index (κ2) is 7.09. The number of anilines is 3. The van der Waals surface area contributed by atoms with Crippen molar-refractivity contribution in [2.75, 3.05) is 4.90 Å². The molecule has 0 unspecified atom stereocenters. The van der Waals surface area contributed by atoms with Gasteiger partial charge in [0.15, 0.2) is 5.75 Å². The van der Waals surface area contributed by atoms with Gasteiger partial charge in [0.05, 0.1) is 11.4 Å². The van der Waals surface area contributed by atoms with E-state index in [1.165, 1.54) is 33.2 Å². The predicted molar refractivity (Wildman–Crippen MR) is 134 cm³/mol. The summed E-state index contributed by atoms with van der Waals surface area (Å²) in [5.41, 5.74) is 9.27. The Kier molecular flexibility index (Phi) is 4.56. The van der Waals surface area contributed by atoms with E-state index in [1.807, 2.05) is 6.92 Å². The van der Waals surface area contributed by atoms with Gasteiger partial charge in [-0.15, -0.1) is 0 Å². The molecule has 32 heavy (non-hydrogen) atoms. The molecule has 0 bridgehead atoms. The topological polar surface area (TPSA) is 25.4 Å². The first-order chi connectivity index (χ1) is 15.1. The van der Waals surface area contributed by atoms with Crippen LogP contribution in [0.2, 0.25) is 0 Å². The third kappa shape index (κ3) is 3.15. The Morgan fingerprint density at radius 3 is 2.16 bits per heavy atom. The Bertz CT molecular complexity index is 1360. The lowest BCUT2D eigenvalue weighted by Gasteiger charge is -2.36. The van der Waals surface area contributed by atoms with E-state index in [0.29, 0.717) is 5.88 Å². The number of fused-ring (bicyclic) bond motifs is 4. The summed E-state index contributed by atoms with van der Waals surface area (Å²) >= 11 is 0. The van der Waals surface area contributed by atoms with Gasteiger partial charge in [0.25, 0.3) is 0 Å². The number of ether oxygens (including phenoxy) is 1. The summed E-state index contributed by atoms with van der Waals surface area (Å²) in [6.07, 6.45) is 0. The zero-order chi connectivity index (χ0) is 22.8. The molecule has 3 heteroatoms. The molecule has 0 aliphatic carbocycles. The van der Waals surface area contributed by atoms with Crippen LogP contribution in [0.15, 0.2) is 54.6 Å². The maximum absolute atomic E-state index is 6.45. The number of benzene rings is 3. The van der Waals surface area contributed by atoms with E-state index in [0.717, 1.165) is 28.4 Å². The van der Waals surface area contributed by atoms with Gasteiger partial charge in [-0.2, -0.15) is 0 Å². The maximum Gasteiger partial charge on any atom is 0.244 e. The molecule has 1 aliphatic rings. The van der Waals surface area contributed by atoms with Crippen LogP contribution in [0, 0.1) is 27.7 Å². The van der Waals surface area contributed by atoms with Crippen molar-refractivity contribution in [1.82, 2.24) is 4.98 Å². The van der Waals surface area contributed by atoms with E-state index in [9.17, 15) is 0 Å². The van der Waals surface area contributed by atoms with Gasteiger partial charge < -0.3 is 9.64 Å². The number of hydrogen-bond donors (Lipinski definition) is 0. The summed E-state index contributed by atoms with van der Waals surface area (Å²) in [6, 6.07) is 19.6. The summed E-state index contributed by atoms with van der Waals surface area (Å²) in [7, 11) is 0. The van der Waals surface area contributed by atoms with Crippen LogP contribution >= 0.6 is 0 Å². The molecule has 4 aromatic rings. The van der Waals surface area contributed by atoms with E-state index in [4.69, 9.17) is 9.72 Å². The fraction of sp³-hybridized carbons (Fsp3) is 0.276. The standard InChI is InChI=1S/C29H30N2O/c1-17-15-22(29(5,6)7)16-18(2)25(17)31-24-13-12-20(4)30-28(24)32-27-19(3)14-21-10-8-9-11-23(21)26(27)31/h8-16H,1-7H3. The van der Waals surface area contributed by atoms with Crippen LogP contribution in [0.3, 0.4) is 0 Å². The van der Waals surface area contributed by atoms with Crippen molar-refractivity contribution in [3.63, 3.8) is 0 Å². The third-order valence-corrected chi connectivity index (χ3v) is 6.38. The first-order valence-electron chi connectivity index (χ1n) is 11.2.